The first-order valence-corrected chi connectivity index (χ1v) is 9.90. The Hall–Kier alpha value is -3.59. The second-order valence-corrected chi connectivity index (χ2v) is 7.55. The summed E-state index contributed by atoms with van der Waals surface area (Å²) in [7, 11) is 0. The van der Waals surface area contributed by atoms with Crippen molar-refractivity contribution in [2.75, 3.05) is 4.90 Å². The van der Waals surface area contributed by atoms with E-state index in [0.29, 0.717) is 10.4 Å². The number of carbonyl (C=O) groups excluding carboxylic acids is 2. The molecule has 158 valence electrons. The number of amides is 1. The lowest BCUT2D eigenvalue weighted by Gasteiger charge is -2.27. The minimum atomic E-state index is -4.85. The summed E-state index contributed by atoms with van der Waals surface area (Å²) in [5.74, 6) is -2.46. The van der Waals surface area contributed by atoms with Crippen molar-refractivity contribution < 1.29 is 32.6 Å². The molecule has 0 aliphatic carbocycles. The number of nitrogens with zero attached hydrogens (tertiary/aromatic N) is 1. The number of ether oxygens (including phenoxy) is 1. The summed E-state index contributed by atoms with van der Waals surface area (Å²) in [6.45, 7) is 0. The highest BCUT2D eigenvalue weighted by Gasteiger charge is 2.44. The van der Waals surface area contributed by atoms with Crippen LogP contribution in [0.4, 0.5) is 18.9 Å². The molecular weight excluding hydrogens is 431 g/mol. The van der Waals surface area contributed by atoms with Crippen LogP contribution >= 0.6 is 11.3 Å². The Bertz CT molecular complexity index is 1140. The largest absolute Gasteiger partial charge is 0.573 e. The van der Waals surface area contributed by atoms with Gasteiger partial charge in [-0.2, -0.15) is 0 Å². The van der Waals surface area contributed by atoms with Gasteiger partial charge in [0.1, 0.15) is 5.75 Å². The molecule has 1 unspecified atom stereocenters. The summed E-state index contributed by atoms with van der Waals surface area (Å²) in [6, 6.07) is 15.6. The Morgan fingerprint density at radius 1 is 1.00 bits per heavy atom. The van der Waals surface area contributed by atoms with Crippen molar-refractivity contribution in [2.45, 2.75) is 12.4 Å². The number of aliphatic hydroxyl groups excluding tert-OH is 1. The molecule has 31 heavy (non-hydrogen) atoms. The third-order valence-electron chi connectivity index (χ3n) is 4.66. The lowest BCUT2D eigenvalue weighted by Crippen LogP contribution is -2.31. The third kappa shape index (κ3) is 4.04. The number of aliphatic hydroxyl groups is 1. The maximum Gasteiger partial charge on any atom is 0.573 e. The van der Waals surface area contributed by atoms with Gasteiger partial charge in [-0.1, -0.05) is 36.4 Å². The fourth-order valence-electron chi connectivity index (χ4n) is 3.40. The van der Waals surface area contributed by atoms with Crippen LogP contribution in [0.25, 0.3) is 0 Å². The zero-order chi connectivity index (χ0) is 22.2. The molecule has 3 aromatic rings. The van der Waals surface area contributed by atoms with Gasteiger partial charge in [-0.05, 0) is 41.3 Å². The topological polar surface area (TPSA) is 66.8 Å². The van der Waals surface area contributed by atoms with Gasteiger partial charge >= 0.3 is 6.36 Å². The number of thiophene rings is 1. The summed E-state index contributed by atoms with van der Waals surface area (Å²) in [5.41, 5.74) is 0.679. The number of ketones is 1. The van der Waals surface area contributed by atoms with Gasteiger partial charge in [0.05, 0.1) is 16.5 Å². The van der Waals surface area contributed by atoms with Crippen LogP contribution in [-0.2, 0) is 4.79 Å². The second-order valence-electron chi connectivity index (χ2n) is 6.60. The van der Waals surface area contributed by atoms with Crippen LogP contribution < -0.4 is 9.64 Å². The Balaban J connectivity index is 1.77. The van der Waals surface area contributed by atoms with Gasteiger partial charge in [0.2, 0.25) is 5.78 Å². The van der Waals surface area contributed by atoms with Gasteiger partial charge in [-0.25, -0.2) is 0 Å². The van der Waals surface area contributed by atoms with Gasteiger partial charge in [-0.3, -0.25) is 14.5 Å². The van der Waals surface area contributed by atoms with Crippen molar-refractivity contribution >= 4 is 28.7 Å². The fourth-order valence-corrected chi connectivity index (χ4v) is 4.08. The van der Waals surface area contributed by atoms with E-state index in [2.05, 4.69) is 4.74 Å². The molecule has 0 saturated heterocycles. The number of rotatable bonds is 5. The molecule has 0 fully saturated rings. The van der Waals surface area contributed by atoms with Crippen LogP contribution in [0.2, 0.25) is 0 Å². The molecule has 0 radical (unpaired) electrons. The first-order chi connectivity index (χ1) is 14.8. The molecule has 1 N–H and O–H groups in total. The van der Waals surface area contributed by atoms with Gasteiger partial charge in [0, 0.05) is 5.69 Å². The predicted octanol–water partition coefficient (Wildman–Crippen LogP) is 5.43. The molecule has 2 heterocycles. The lowest BCUT2D eigenvalue weighted by molar-refractivity contribution is -0.274. The fraction of sp³-hybridized carbons (Fsp3) is 0.0909. The number of hydrogen-bond donors (Lipinski definition) is 1. The Morgan fingerprint density at radius 3 is 2.26 bits per heavy atom. The smallest absolute Gasteiger partial charge is 0.503 e. The SMILES string of the molecule is O=C(C1=C(O)C(=O)N(c2ccc(OC(F)(F)F)cc2)C1c1ccccc1)c1cccs1. The summed E-state index contributed by atoms with van der Waals surface area (Å²) in [5, 5.41) is 12.3. The highest BCUT2D eigenvalue weighted by Crippen LogP contribution is 2.42. The number of carbonyl (C=O) groups is 2. The molecule has 1 aromatic heterocycles. The van der Waals surface area contributed by atoms with E-state index >= 15 is 0 Å². The first-order valence-electron chi connectivity index (χ1n) is 9.02. The van der Waals surface area contributed by atoms with Crippen LogP contribution in [-0.4, -0.2) is 23.2 Å². The van der Waals surface area contributed by atoms with Crippen molar-refractivity contribution in [2.24, 2.45) is 0 Å². The van der Waals surface area contributed by atoms with Crippen LogP contribution in [0.5, 0.6) is 5.75 Å². The number of benzene rings is 2. The highest BCUT2D eigenvalue weighted by atomic mass is 32.1. The normalized spacial score (nSPS) is 16.7. The maximum atomic E-state index is 13.1. The third-order valence-corrected chi connectivity index (χ3v) is 5.53. The summed E-state index contributed by atoms with van der Waals surface area (Å²) in [6.07, 6.45) is -4.85. The standard InChI is InChI=1S/C22H14F3NO4S/c23-22(24,25)30-15-10-8-14(9-11-15)26-18(13-5-2-1-3-6-13)17(20(28)21(26)29)19(27)16-7-4-12-31-16/h1-12,18,28H. The number of halogens is 3. The molecule has 0 saturated carbocycles. The van der Waals surface area contributed by atoms with Crippen molar-refractivity contribution in [1.29, 1.82) is 0 Å². The van der Waals surface area contributed by atoms with Crippen LogP contribution in [0.3, 0.4) is 0 Å². The van der Waals surface area contributed by atoms with E-state index in [-0.39, 0.29) is 11.3 Å². The van der Waals surface area contributed by atoms with E-state index in [4.69, 9.17) is 0 Å². The van der Waals surface area contributed by atoms with E-state index in [0.717, 1.165) is 12.1 Å². The second kappa shape index (κ2) is 7.92. The average molecular weight is 445 g/mol. The number of alkyl halides is 3. The van der Waals surface area contributed by atoms with Gasteiger partial charge < -0.3 is 9.84 Å². The lowest BCUT2D eigenvalue weighted by atomic mass is 9.95. The van der Waals surface area contributed by atoms with Crippen LogP contribution in [0.1, 0.15) is 21.3 Å². The van der Waals surface area contributed by atoms with E-state index in [1.807, 2.05) is 0 Å². The molecule has 0 spiro atoms. The molecular formula is C22H14F3NO4S. The van der Waals surface area contributed by atoms with Gasteiger partial charge in [0.25, 0.3) is 5.91 Å². The molecule has 1 aliphatic rings. The highest BCUT2D eigenvalue weighted by molar-refractivity contribution is 7.12. The average Bonchev–Trinajstić information content (AvgIpc) is 3.36. The van der Waals surface area contributed by atoms with Gasteiger partial charge in [0.15, 0.2) is 5.76 Å². The molecule has 1 aliphatic heterocycles. The van der Waals surface area contributed by atoms with E-state index in [1.54, 1.807) is 47.8 Å². The van der Waals surface area contributed by atoms with E-state index in [9.17, 15) is 27.9 Å². The van der Waals surface area contributed by atoms with E-state index in [1.165, 1.54) is 28.4 Å². The monoisotopic (exact) mass is 445 g/mol. The van der Waals surface area contributed by atoms with E-state index < -0.39 is 35.6 Å². The van der Waals surface area contributed by atoms with Crippen molar-refractivity contribution in [1.82, 2.24) is 0 Å². The maximum absolute atomic E-state index is 13.1. The quantitative estimate of drug-likeness (QED) is 0.532. The zero-order valence-electron chi connectivity index (χ0n) is 15.7. The molecule has 1 amide bonds. The number of Topliss-reactive ketones (excluding diaryl/α,β-unsaturated/α-hetero) is 1. The first kappa shape index (κ1) is 20.7. The predicted molar refractivity (Wildman–Crippen MR) is 108 cm³/mol. The molecule has 0 bridgehead atoms. The Labute approximate surface area is 178 Å². The Kier molecular flexibility index (Phi) is 5.28. The zero-order valence-corrected chi connectivity index (χ0v) is 16.5. The van der Waals surface area contributed by atoms with Crippen molar-refractivity contribution in [3.8, 4) is 5.75 Å². The summed E-state index contributed by atoms with van der Waals surface area (Å²) < 4.78 is 41.2. The number of hydrogen-bond acceptors (Lipinski definition) is 5. The van der Waals surface area contributed by atoms with Crippen molar-refractivity contribution in [3.63, 3.8) is 0 Å². The minimum absolute atomic E-state index is 0.0886. The summed E-state index contributed by atoms with van der Waals surface area (Å²) >= 11 is 1.17. The minimum Gasteiger partial charge on any atom is -0.503 e. The van der Waals surface area contributed by atoms with Crippen LogP contribution in [0, 0.1) is 0 Å². The molecule has 4 rings (SSSR count). The summed E-state index contributed by atoms with van der Waals surface area (Å²) in [4.78, 5) is 27.6. The van der Waals surface area contributed by atoms with Crippen molar-refractivity contribution in [3.05, 3.63) is 93.9 Å². The molecule has 1 atom stereocenters. The molecule has 2 aromatic carbocycles. The number of anilines is 1. The molecule has 9 heteroatoms. The molecule has 5 nitrogen and oxygen atoms in total. The van der Waals surface area contributed by atoms with Crippen LogP contribution in [0.15, 0.2) is 83.4 Å². The van der Waals surface area contributed by atoms with Gasteiger partial charge in [-0.15, -0.1) is 24.5 Å². The Morgan fingerprint density at radius 2 is 1.68 bits per heavy atom.